The minimum Gasteiger partial charge on any atom is -0.336 e. The van der Waals surface area contributed by atoms with Crippen LogP contribution in [0.1, 0.15) is 27.0 Å². The maximum atomic E-state index is 13.0. The summed E-state index contributed by atoms with van der Waals surface area (Å²) >= 11 is 0. The minimum absolute atomic E-state index is 0.127. The summed E-state index contributed by atoms with van der Waals surface area (Å²) in [5.74, 6) is -0.414. The molecule has 1 saturated heterocycles. The Bertz CT molecular complexity index is 1010. The predicted molar refractivity (Wildman–Crippen MR) is 102 cm³/mol. The summed E-state index contributed by atoms with van der Waals surface area (Å²) < 4.78 is 65.2. The third-order valence-electron chi connectivity index (χ3n) is 4.95. The second kappa shape index (κ2) is 7.79. The van der Waals surface area contributed by atoms with Crippen LogP contribution in [0, 0.1) is 13.8 Å². The van der Waals surface area contributed by atoms with Gasteiger partial charge in [0.15, 0.2) is 0 Å². The van der Waals surface area contributed by atoms with Crippen molar-refractivity contribution in [3.05, 3.63) is 64.7 Å². The van der Waals surface area contributed by atoms with E-state index in [4.69, 9.17) is 0 Å². The lowest BCUT2D eigenvalue weighted by Gasteiger charge is -2.34. The van der Waals surface area contributed by atoms with Crippen LogP contribution in [0.15, 0.2) is 47.4 Å². The minimum atomic E-state index is -4.46. The average molecular weight is 426 g/mol. The number of alkyl halides is 3. The third-order valence-corrected chi connectivity index (χ3v) is 6.99. The Morgan fingerprint density at radius 3 is 2.07 bits per heavy atom. The number of halogens is 3. The number of carbonyl (C=O) groups excluding carboxylic acids is 1. The van der Waals surface area contributed by atoms with E-state index in [1.807, 2.05) is 13.0 Å². The van der Waals surface area contributed by atoms with Crippen LogP contribution in [0.5, 0.6) is 0 Å². The van der Waals surface area contributed by atoms with E-state index in [9.17, 15) is 26.4 Å². The zero-order valence-electron chi connectivity index (χ0n) is 16.0. The van der Waals surface area contributed by atoms with Crippen molar-refractivity contribution in [3.8, 4) is 0 Å². The van der Waals surface area contributed by atoms with Gasteiger partial charge in [-0.05, 0) is 55.3 Å². The molecule has 9 heteroatoms. The van der Waals surface area contributed by atoms with Crippen molar-refractivity contribution in [1.29, 1.82) is 0 Å². The number of hydrogen-bond acceptors (Lipinski definition) is 3. The van der Waals surface area contributed by atoms with Gasteiger partial charge in [0, 0.05) is 31.7 Å². The van der Waals surface area contributed by atoms with Crippen molar-refractivity contribution in [2.24, 2.45) is 0 Å². The molecule has 29 heavy (non-hydrogen) atoms. The van der Waals surface area contributed by atoms with E-state index in [1.165, 1.54) is 9.21 Å². The molecule has 3 rings (SSSR count). The van der Waals surface area contributed by atoms with Gasteiger partial charge in [-0.2, -0.15) is 17.5 Å². The molecule has 2 aromatic rings. The molecular weight excluding hydrogens is 405 g/mol. The van der Waals surface area contributed by atoms with Crippen LogP contribution in [0.3, 0.4) is 0 Å². The summed E-state index contributed by atoms with van der Waals surface area (Å²) in [6.45, 7) is 4.15. The van der Waals surface area contributed by atoms with Crippen LogP contribution in [0.25, 0.3) is 0 Å². The Balaban J connectivity index is 1.70. The van der Waals surface area contributed by atoms with E-state index >= 15 is 0 Å². The number of amides is 1. The van der Waals surface area contributed by atoms with Crippen molar-refractivity contribution < 1.29 is 26.4 Å². The summed E-state index contributed by atoms with van der Waals surface area (Å²) in [4.78, 5) is 14.3. The van der Waals surface area contributed by atoms with Crippen molar-refractivity contribution in [3.63, 3.8) is 0 Å². The highest BCUT2D eigenvalue weighted by molar-refractivity contribution is 7.89. The van der Waals surface area contributed by atoms with Crippen LogP contribution in [-0.2, 0) is 16.2 Å². The Kier molecular flexibility index (Phi) is 5.73. The van der Waals surface area contributed by atoms with E-state index in [1.54, 1.807) is 19.1 Å². The van der Waals surface area contributed by atoms with Gasteiger partial charge in [-0.25, -0.2) is 8.42 Å². The first-order valence-electron chi connectivity index (χ1n) is 9.04. The molecule has 0 radical (unpaired) electrons. The predicted octanol–water partition coefficient (Wildman–Crippen LogP) is 3.47. The monoisotopic (exact) mass is 426 g/mol. The summed E-state index contributed by atoms with van der Waals surface area (Å²) in [6.07, 6.45) is -4.46. The molecule has 2 aromatic carbocycles. The molecule has 0 spiro atoms. The fourth-order valence-corrected chi connectivity index (χ4v) is 4.97. The first-order chi connectivity index (χ1) is 13.5. The summed E-state index contributed by atoms with van der Waals surface area (Å²) in [5, 5.41) is 0. The topological polar surface area (TPSA) is 57.7 Å². The summed E-state index contributed by atoms with van der Waals surface area (Å²) in [7, 11) is -3.68. The molecular formula is C20H21F3N2O3S. The molecule has 0 saturated carbocycles. The summed E-state index contributed by atoms with van der Waals surface area (Å²) in [6, 6.07) is 9.25. The Morgan fingerprint density at radius 1 is 0.931 bits per heavy atom. The van der Waals surface area contributed by atoms with E-state index in [-0.39, 0.29) is 36.6 Å². The van der Waals surface area contributed by atoms with Gasteiger partial charge >= 0.3 is 6.18 Å². The molecule has 0 unspecified atom stereocenters. The van der Waals surface area contributed by atoms with Gasteiger partial charge in [-0.3, -0.25) is 4.79 Å². The maximum Gasteiger partial charge on any atom is 0.416 e. The van der Waals surface area contributed by atoms with E-state index < -0.39 is 27.7 Å². The SMILES string of the molecule is Cc1ccc(C)c(S(=O)(=O)N2CCN(C(=O)c3ccc(C(F)(F)F)cc3)CC2)c1. The molecule has 0 N–H and O–H groups in total. The molecule has 1 amide bonds. The number of benzene rings is 2. The first kappa shape index (κ1) is 21.3. The molecule has 1 heterocycles. The Morgan fingerprint density at radius 2 is 1.52 bits per heavy atom. The fourth-order valence-electron chi connectivity index (χ4n) is 3.24. The van der Waals surface area contributed by atoms with E-state index in [0.29, 0.717) is 5.56 Å². The molecule has 5 nitrogen and oxygen atoms in total. The second-order valence-electron chi connectivity index (χ2n) is 7.04. The van der Waals surface area contributed by atoms with Crippen molar-refractivity contribution >= 4 is 15.9 Å². The molecule has 1 aliphatic rings. The number of nitrogens with zero attached hydrogens (tertiary/aromatic N) is 2. The highest BCUT2D eigenvalue weighted by Crippen LogP contribution is 2.29. The van der Waals surface area contributed by atoms with Gasteiger partial charge < -0.3 is 4.90 Å². The zero-order chi connectivity index (χ0) is 21.4. The van der Waals surface area contributed by atoms with Crippen LogP contribution in [0.2, 0.25) is 0 Å². The van der Waals surface area contributed by atoms with Crippen LogP contribution in [0.4, 0.5) is 13.2 Å². The molecule has 0 aromatic heterocycles. The van der Waals surface area contributed by atoms with Gasteiger partial charge in [-0.1, -0.05) is 12.1 Å². The number of piperazine rings is 1. The zero-order valence-corrected chi connectivity index (χ0v) is 16.8. The lowest BCUT2D eigenvalue weighted by molar-refractivity contribution is -0.137. The average Bonchev–Trinajstić information content (AvgIpc) is 2.68. The van der Waals surface area contributed by atoms with Crippen molar-refractivity contribution in [2.45, 2.75) is 24.9 Å². The Labute approximate surface area is 167 Å². The van der Waals surface area contributed by atoms with Gasteiger partial charge in [0.2, 0.25) is 10.0 Å². The quantitative estimate of drug-likeness (QED) is 0.755. The number of aryl methyl sites for hydroxylation is 2. The van der Waals surface area contributed by atoms with Crippen LogP contribution >= 0.6 is 0 Å². The highest BCUT2D eigenvalue weighted by atomic mass is 32.2. The van der Waals surface area contributed by atoms with Gasteiger partial charge in [0.25, 0.3) is 5.91 Å². The standard InChI is InChI=1S/C20H21F3N2O3S/c1-14-3-4-15(2)18(13-14)29(27,28)25-11-9-24(10-12-25)19(26)16-5-7-17(8-6-16)20(21,22)23/h3-8,13H,9-12H2,1-2H3. The molecule has 156 valence electrons. The lowest BCUT2D eigenvalue weighted by Crippen LogP contribution is -2.50. The fraction of sp³-hybridized carbons (Fsp3) is 0.350. The van der Waals surface area contributed by atoms with Gasteiger partial charge in [-0.15, -0.1) is 0 Å². The Hall–Kier alpha value is -2.39. The normalized spacial score (nSPS) is 16.1. The third kappa shape index (κ3) is 4.45. The van der Waals surface area contributed by atoms with Crippen LogP contribution in [-0.4, -0.2) is 49.7 Å². The molecule has 0 atom stereocenters. The highest BCUT2D eigenvalue weighted by Gasteiger charge is 2.33. The van der Waals surface area contributed by atoms with Crippen molar-refractivity contribution in [1.82, 2.24) is 9.21 Å². The van der Waals surface area contributed by atoms with E-state index in [2.05, 4.69) is 0 Å². The lowest BCUT2D eigenvalue weighted by atomic mass is 10.1. The number of sulfonamides is 1. The molecule has 0 bridgehead atoms. The van der Waals surface area contributed by atoms with Gasteiger partial charge in [0.1, 0.15) is 0 Å². The number of carbonyl (C=O) groups is 1. The molecule has 1 aliphatic heterocycles. The molecule has 1 fully saturated rings. The van der Waals surface area contributed by atoms with Gasteiger partial charge in [0.05, 0.1) is 10.5 Å². The van der Waals surface area contributed by atoms with Crippen LogP contribution < -0.4 is 0 Å². The number of hydrogen-bond donors (Lipinski definition) is 0. The second-order valence-corrected chi connectivity index (χ2v) is 8.95. The summed E-state index contributed by atoms with van der Waals surface area (Å²) in [5.41, 5.74) is 0.812. The largest absolute Gasteiger partial charge is 0.416 e. The number of rotatable bonds is 3. The van der Waals surface area contributed by atoms with E-state index in [0.717, 1.165) is 29.8 Å². The smallest absolute Gasteiger partial charge is 0.336 e. The first-order valence-corrected chi connectivity index (χ1v) is 10.5. The maximum absolute atomic E-state index is 13.0. The van der Waals surface area contributed by atoms with Crippen molar-refractivity contribution in [2.75, 3.05) is 26.2 Å². The molecule has 0 aliphatic carbocycles.